The van der Waals surface area contributed by atoms with Crippen molar-refractivity contribution in [3.05, 3.63) is 23.6 Å². The molecule has 1 N–H and O–H groups in total. The van der Waals surface area contributed by atoms with Crippen molar-refractivity contribution >= 4 is 23.0 Å². The minimum Gasteiger partial charge on any atom is -0.461 e. The number of nitrogens with one attached hydrogen (secondary N) is 1. The number of aromatic nitrogens is 1. The molecule has 2 heterocycles. The van der Waals surface area contributed by atoms with Gasteiger partial charge in [0, 0.05) is 18.2 Å². The summed E-state index contributed by atoms with van der Waals surface area (Å²) in [4.78, 5) is 24.7. The van der Waals surface area contributed by atoms with Gasteiger partial charge in [0.25, 0.3) is 0 Å². The normalized spacial score (nSPS) is 20.6. The van der Waals surface area contributed by atoms with E-state index in [0.717, 1.165) is 42.9 Å². The van der Waals surface area contributed by atoms with Crippen LogP contribution >= 0.6 is 0 Å². The van der Waals surface area contributed by atoms with Gasteiger partial charge in [0.15, 0.2) is 5.58 Å². The first-order valence-corrected chi connectivity index (χ1v) is 9.04. The van der Waals surface area contributed by atoms with E-state index in [-0.39, 0.29) is 25.1 Å². The van der Waals surface area contributed by atoms with Gasteiger partial charge in [0.1, 0.15) is 18.0 Å². The smallest absolute Gasteiger partial charge is 0.355 e. The summed E-state index contributed by atoms with van der Waals surface area (Å²) in [5.74, 6) is 0.963. The summed E-state index contributed by atoms with van der Waals surface area (Å²) in [5, 5.41) is 3.10. The minimum absolute atomic E-state index is 0.0820. The van der Waals surface area contributed by atoms with Gasteiger partial charge >= 0.3 is 5.97 Å². The monoisotopic (exact) mass is 346 g/mol. The molecule has 1 aliphatic rings. The Morgan fingerprint density at radius 1 is 1.28 bits per heavy atom. The lowest BCUT2D eigenvalue weighted by atomic mass is 9.87. The quantitative estimate of drug-likeness (QED) is 0.842. The fraction of sp³-hybridized carbons (Fsp3) is 0.579. The maximum absolute atomic E-state index is 12.5. The Hall–Kier alpha value is -2.24. The second-order valence-electron chi connectivity index (χ2n) is 6.97. The number of carbonyl (C=O) groups excluding carboxylic acids is 2. The molecule has 6 nitrogen and oxygen atoms in total. The number of amides is 1. The highest BCUT2D eigenvalue weighted by molar-refractivity contribution is 5.95. The largest absolute Gasteiger partial charge is 0.461 e. The Balaban J connectivity index is 1.77. The van der Waals surface area contributed by atoms with E-state index in [2.05, 4.69) is 12.2 Å². The SMILES string of the molecule is CCOC(=O)c1cc2oc(C)cc2n1CC(=O)NC1CCC(C)CC1. The molecular formula is C19H26N2O4. The predicted molar refractivity (Wildman–Crippen MR) is 94.5 cm³/mol. The summed E-state index contributed by atoms with van der Waals surface area (Å²) in [7, 11) is 0. The van der Waals surface area contributed by atoms with Gasteiger partial charge in [-0.2, -0.15) is 0 Å². The summed E-state index contributed by atoms with van der Waals surface area (Å²) >= 11 is 0. The first-order valence-electron chi connectivity index (χ1n) is 9.04. The van der Waals surface area contributed by atoms with Crippen molar-refractivity contribution in [3.8, 4) is 0 Å². The van der Waals surface area contributed by atoms with Crippen LogP contribution < -0.4 is 5.32 Å². The number of carbonyl (C=O) groups is 2. The number of ether oxygens (including phenoxy) is 1. The Kier molecular flexibility index (Phi) is 5.16. The lowest BCUT2D eigenvalue weighted by Crippen LogP contribution is -2.39. The summed E-state index contributed by atoms with van der Waals surface area (Å²) in [5.41, 5.74) is 1.69. The van der Waals surface area contributed by atoms with Gasteiger partial charge in [-0.3, -0.25) is 4.79 Å². The van der Waals surface area contributed by atoms with Crippen molar-refractivity contribution in [2.24, 2.45) is 5.92 Å². The summed E-state index contributed by atoms with van der Waals surface area (Å²) in [6.45, 7) is 6.23. The highest BCUT2D eigenvalue weighted by atomic mass is 16.5. The zero-order valence-corrected chi connectivity index (χ0v) is 15.1. The van der Waals surface area contributed by atoms with E-state index >= 15 is 0 Å². The first-order chi connectivity index (χ1) is 12.0. The van der Waals surface area contributed by atoms with Crippen molar-refractivity contribution in [2.45, 2.75) is 59.0 Å². The molecule has 3 rings (SSSR count). The fourth-order valence-corrected chi connectivity index (χ4v) is 3.53. The number of nitrogens with zero attached hydrogens (tertiary/aromatic N) is 1. The fourth-order valence-electron chi connectivity index (χ4n) is 3.53. The van der Waals surface area contributed by atoms with Crippen LogP contribution in [0, 0.1) is 12.8 Å². The van der Waals surface area contributed by atoms with Gasteiger partial charge < -0.3 is 19.0 Å². The summed E-state index contributed by atoms with van der Waals surface area (Å²) < 4.78 is 12.4. The topological polar surface area (TPSA) is 73.5 Å². The van der Waals surface area contributed by atoms with E-state index in [1.165, 1.54) is 0 Å². The molecule has 25 heavy (non-hydrogen) atoms. The number of hydrogen-bond acceptors (Lipinski definition) is 4. The number of furan rings is 1. The second-order valence-corrected chi connectivity index (χ2v) is 6.97. The average Bonchev–Trinajstić information content (AvgIpc) is 3.07. The molecule has 1 saturated carbocycles. The third-order valence-electron chi connectivity index (χ3n) is 4.88. The van der Waals surface area contributed by atoms with Crippen molar-refractivity contribution < 1.29 is 18.7 Å². The molecule has 0 spiro atoms. The van der Waals surface area contributed by atoms with Gasteiger partial charge in [-0.25, -0.2) is 4.79 Å². The molecule has 136 valence electrons. The molecular weight excluding hydrogens is 320 g/mol. The molecule has 2 aromatic rings. The number of hydrogen-bond donors (Lipinski definition) is 1. The third kappa shape index (κ3) is 3.89. The zero-order valence-electron chi connectivity index (χ0n) is 15.1. The maximum Gasteiger partial charge on any atom is 0.355 e. The van der Waals surface area contributed by atoms with E-state index in [1.54, 1.807) is 17.6 Å². The van der Waals surface area contributed by atoms with Crippen LogP contribution in [0.4, 0.5) is 0 Å². The molecule has 0 radical (unpaired) electrons. The molecule has 2 aromatic heterocycles. The summed E-state index contributed by atoms with van der Waals surface area (Å²) in [6, 6.07) is 3.72. The Labute approximate surface area is 147 Å². The van der Waals surface area contributed by atoms with Crippen LogP contribution in [0.2, 0.25) is 0 Å². The molecule has 0 aliphatic heterocycles. The average molecular weight is 346 g/mol. The molecule has 1 aliphatic carbocycles. The molecule has 0 atom stereocenters. The second kappa shape index (κ2) is 7.33. The predicted octanol–water partition coefficient (Wildman–Crippen LogP) is 3.41. The van der Waals surface area contributed by atoms with E-state index in [0.29, 0.717) is 11.3 Å². The van der Waals surface area contributed by atoms with Crippen LogP contribution in [0.25, 0.3) is 11.1 Å². The standard InChI is InChI=1S/C19H26N2O4/c1-4-24-19(23)16-10-17-15(9-13(3)25-17)21(16)11-18(22)20-14-7-5-12(2)6-8-14/h9-10,12,14H,4-8,11H2,1-3H3,(H,20,22). The number of esters is 1. The van der Waals surface area contributed by atoms with Gasteiger partial charge in [0.05, 0.1) is 12.1 Å². The Morgan fingerprint density at radius 2 is 2.00 bits per heavy atom. The third-order valence-corrected chi connectivity index (χ3v) is 4.88. The summed E-state index contributed by atoms with van der Waals surface area (Å²) in [6.07, 6.45) is 4.33. The van der Waals surface area contributed by atoms with Gasteiger partial charge in [-0.05, 0) is 45.4 Å². The highest BCUT2D eigenvalue weighted by Crippen LogP contribution is 2.25. The molecule has 1 fully saturated rings. The van der Waals surface area contributed by atoms with E-state index in [4.69, 9.17) is 9.15 Å². The lowest BCUT2D eigenvalue weighted by molar-refractivity contribution is -0.122. The lowest BCUT2D eigenvalue weighted by Gasteiger charge is -2.27. The van der Waals surface area contributed by atoms with Crippen molar-refractivity contribution in [2.75, 3.05) is 6.61 Å². The van der Waals surface area contributed by atoms with Crippen molar-refractivity contribution in [1.82, 2.24) is 9.88 Å². The molecule has 0 bridgehead atoms. The van der Waals surface area contributed by atoms with Gasteiger partial charge in [-0.1, -0.05) is 6.92 Å². The van der Waals surface area contributed by atoms with E-state index < -0.39 is 5.97 Å². The van der Waals surface area contributed by atoms with Crippen molar-refractivity contribution in [3.63, 3.8) is 0 Å². The van der Waals surface area contributed by atoms with Crippen LogP contribution in [0.1, 0.15) is 55.8 Å². The first kappa shape index (κ1) is 17.6. The Morgan fingerprint density at radius 3 is 2.68 bits per heavy atom. The van der Waals surface area contributed by atoms with Crippen LogP contribution in [-0.4, -0.2) is 29.1 Å². The number of rotatable bonds is 5. The van der Waals surface area contributed by atoms with Gasteiger partial charge in [-0.15, -0.1) is 0 Å². The number of fused-ring (bicyclic) bond motifs is 1. The van der Waals surface area contributed by atoms with Crippen molar-refractivity contribution in [1.29, 1.82) is 0 Å². The van der Waals surface area contributed by atoms with Crippen LogP contribution in [0.3, 0.4) is 0 Å². The highest BCUT2D eigenvalue weighted by Gasteiger charge is 2.23. The van der Waals surface area contributed by atoms with Gasteiger partial charge in [0.2, 0.25) is 5.91 Å². The van der Waals surface area contributed by atoms with Crippen LogP contribution in [-0.2, 0) is 16.1 Å². The molecule has 6 heteroatoms. The molecule has 0 unspecified atom stereocenters. The number of aryl methyl sites for hydroxylation is 1. The Bertz CT molecular complexity index is 766. The van der Waals surface area contributed by atoms with E-state index in [1.807, 2.05) is 13.0 Å². The minimum atomic E-state index is -0.439. The van der Waals surface area contributed by atoms with Crippen LogP contribution in [0.5, 0.6) is 0 Å². The molecule has 1 amide bonds. The van der Waals surface area contributed by atoms with Crippen LogP contribution in [0.15, 0.2) is 16.5 Å². The maximum atomic E-state index is 12.5. The molecule has 0 aromatic carbocycles. The zero-order chi connectivity index (χ0) is 18.0. The van der Waals surface area contributed by atoms with E-state index in [9.17, 15) is 9.59 Å². The molecule has 0 saturated heterocycles.